The van der Waals surface area contributed by atoms with Gasteiger partial charge in [-0.15, -0.1) is 0 Å². The lowest BCUT2D eigenvalue weighted by atomic mass is 9.99. The first-order valence-corrected chi connectivity index (χ1v) is 11.3. The van der Waals surface area contributed by atoms with Crippen LogP contribution in [0.1, 0.15) is 17.4 Å². The maximum atomic E-state index is 13.2. The normalized spacial score (nSPS) is 13.9. The third-order valence-corrected chi connectivity index (χ3v) is 5.35. The summed E-state index contributed by atoms with van der Waals surface area (Å²) in [4.78, 5) is 15.5. The van der Waals surface area contributed by atoms with E-state index in [0.29, 0.717) is 11.3 Å². The Morgan fingerprint density at radius 1 is 1.19 bits per heavy atom. The van der Waals surface area contributed by atoms with E-state index in [9.17, 15) is 31.5 Å². The van der Waals surface area contributed by atoms with E-state index >= 15 is 0 Å². The summed E-state index contributed by atoms with van der Waals surface area (Å²) in [7, 11) is -3.34. The van der Waals surface area contributed by atoms with Crippen molar-refractivity contribution < 1.29 is 31.5 Å². The first-order valence-electron chi connectivity index (χ1n) is 9.42. The van der Waals surface area contributed by atoms with Crippen LogP contribution in [-0.4, -0.2) is 54.2 Å². The number of rotatable bonds is 9. The molecule has 0 saturated heterocycles. The van der Waals surface area contributed by atoms with Gasteiger partial charge in [0.2, 0.25) is 10.0 Å². The highest BCUT2D eigenvalue weighted by molar-refractivity contribution is 7.88. The second-order valence-corrected chi connectivity index (χ2v) is 8.98. The Hall–Kier alpha value is -2.96. The number of imidazole rings is 1. The lowest BCUT2D eigenvalue weighted by Gasteiger charge is -2.22. The Kier molecular flexibility index (Phi) is 7.16. The van der Waals surface area contributed by atoms with Crippen LogP contribution >= 0.6 is 0 Å². The number of amides is 1. The molecule has 1 aromatic carbocycles. The molecule has 0 bridgehead atoms. The Labute approximate surface area is 182 Å². The smallest absolute Gasteiger partial charge is 0.315 e. The van der Waals surface area contributed by atoms with Gasteiger partial charge < -0.3 is 14.8 Å². The molecule has 3 aromatic rings. The molecule has 3 N–H and O–H groups in total. The van der Waals surface area contributed by atoms with Crippen molar-refractivity contribution in [2.24, 2.45) is 0 Å². The number of pyridine rings is 1. The third-order valence-electron chi connectivity index (χ3n) is 4.68. The van der Waals surface area contributed by atoms with E-state index in [1.807, 2.05) is 0 Å². The van der Waals surface area contributed by atoms with Crippen LogP contribution in [0.2, 0.25) is 0 Å². The van der Waals surface area contributed by atoms with E-state index < -0.39 is 41.2 Å². The number of carbonyl (C=O) groups is 1. The number of hydrogen-bond donors (Lipinski definition) is 3. The fourth-order valence-corrected chi connectivity index (χ4v) is 3.47. The zero-order chi connectivity index (χ0) is 23.5. The van der Waals surface area contributed by atoms with Crippen molar-refractivity contribution in [1.29, 1.82) is 0 Å². The quantitative estimate of drug-likeness (QED) is 0.442. The van der Waals surface area contributed by atoms with E-state index in [-0.39, 0.29) is 12.1 Å². The van der Waals surface area contributed by atoms with Gasteiger partial charge in [0, 0.05) is 12.4 Å². The molecule has 0 saturated carbocycles. The minimum atomic E-state index is -3.34. The van der Waals surface area contributed by atoms with Gasteiger partial charge in [0.1, 0.15) is 18.4 Å². The van der Waals surface area contributed by atoms with Crippen LogP contribution in [0.3, 0.4) is 0 Å². The molecule has 0 radical (unpaired) electrons. The maximum Gasteiger partial charge on any atom is 0.315 e. The number of fused-ring (bicyclic) bond motifs is 1. The Morgan fingerprint density at radius 2 is 1.88 bits per heavy atom. The summed E-state index contributed by atoms with van der Waals surface area (Å²) in [6, 6.07) is 8.42. The van der Waals surface area contributed by atoms with Crippen LogP contribution < -0.4 is 10.0 Å². The van der Waals surface area contributed by atoms with E-state index in [2.05, 4.69) is 9.71 Å². The molecule has 2 heterocycles. The summed E-state index contributed by atoms with van der Waals surface area (Å²) in [6.07, 6.45) is -0.301. The van der Waals surface area contributed by atoms with E-state index in [0.717, 1.165) is 17.4 Å². The number of alkyl halides is 3. The topological polar surface area (TPSA) is 113 Å². The van der Waals surface area contributed by atoms with Gasteiger partial charge in [-0.05, 0) is 28.8 Å². The molecular weight excluding hydrogens is 449 g/mol. The summed E-state index contributed by atoms with van der Waals surface area (Å²) < 4.78 is 64.5. The van der Waals surface area contributed by atoms with Crippen LogP contribution in [0.4, 0.5) is 13.2 Å². The van der Waals surface area contributed by atoms with Gasteiger partial charge in [-0.25, -0.2) is 22.5 Å². The number of aliphatic hydroxyl groups excluding tert-OH is 1. The standard InChI is InChI=1S/C20H21F3N4O4S/c1-32(30,31)24-10-15-11-27-7-6-14(8-17(27)25-15)12-2-4-13(5-3-12)18(28)16(9-21)26-20(29)19(22)23/h2-8,11,16,18-19,24,28H,9-10H2,1H3,(H,26,29)/t16-,18+/m1/s1. The SMILES string of the molecule is CS(=O)(=O)NCc1cn2ccc(-c3ccc([C@H](O)[C@@H](CF)NC(=O)C(F)F)cc3)cc2n1. The van der Waals surface area contributed by atoms with Gasteiger partial charge in [0.05, 0.1) is 24.5 Å². The Balaban J connectivity index is 1.76. The highest BCUT2D eigenvalue weighted by Gasteiger charge is 2.26. The van der Waals surface area contributed by atoms with Crippen LogP contribution in [0.5, 0.6) is 0 Å². The summed E-state index contributed by atoms with van der Waals surface area (Å²) in [5, 5.41) is 12.0. The zero-order valence-electron chi connectivity index (χ0n) is 16.9. The van der Waals surface area contributed by atoms with Crippen molar-refractivity contribution >= 4 is 21.6 Å². The van der Waals surface area contributed by atoms with Gasteiger partial charge >= 0.3 is 6.43 Å². The summed E-state index contributed by atoms with van der Waals surface area (Å²) in [5.41, 5.74) is 2.90. The molecule has 0 spiro atoms. The molecule has 1 amide bonds. The summed E-state index contributed by atoms with van der Waals surface area (Å²) in [5.74, 6) is -1.65. The Bertz CT molecular complexity index is 1200. The number of nitrogens with zero attached hydrogens (tertiary/aromatic N) is 2. The fraction of sp³-hybridized carbons (Fsp3) is 0.300. The van der Waals surface area contributed by atoms with E-state index in [1.54, 1.807) is 46.4 Å². The first-order chi connectivity index (χ1) is 15.1. The average Bonchev–Trinajstić information content (AvgIpc) is 3.17. The number of halogens is 3. The molecule has 2 atom stereocenters. The predicted molar refractivity (Wildman–Crippen MR) is 111 cm³/mol. The largest absolute Gasteiger partial charge is 0.386 e. The minimum Gasteiger partial charge on any atom is -0.386 e. The Morgan fingerprint density at radius 3 is 2.47 bits per heavy atom. The monoisotopic (exact) mass is 470 g/mol. The second kappa shape index (κ2) is 9.67. The number of carbonyl (C=O) groups excluding carboxylic acids is 1. The number of aromatic nitrogens is 2. The molecule has 0 aliphatic rings. The molecule has 12 heteroatoms. The zero-order valence-corrected chi connectivity index (χ0v) is 17.7. The van der Waals surface area contributed by atoms with Crippen molar-refractivity contribution in [3.8, 4) is 11.1 Å². The van der Waals surface area contributed by atoms with Crippen molar-refractivity contribution in [3.05, 3.63) is 60.0 Å². The maximum absolute atomic E-state index is 13.2. The van der Waals surface area contributed by atoms with Crippen molar-refractivity contribution in [3.63, 3.8) is 0 Å². The lowest BCUT2D eigenvalue weighted by Crippen LogP contribution is -2.43. The number of benzene rings is 1. The van der Waals surface area contributed by atoms with Crippen LogP contribution in [0, 0.1) is 0 Å². The highest BCUT2D eigenvalue weighted by atomic mass is 32.2. The number of nitrogens with one attached hydrogen (secondary N) is 2. The van der Waals surface area contributed by atoms with Gasteiger partial charge in [-0.1, -0.05) is 24.3 Å². The molecule has 0 aliphatic heterocycles. The number of aliphatic hydroxyl groups is 1. The van der Waals surface area contributed by atoms with Gasteiger partial charge in [-0.2, -0.15) is 8.78 Å². The average molecular weight is 470 g/mol. The van der Waals surface area contributed by atoms with Crippen LogP contribution in [0.15, 0.2) is 48.8 Å². The number of sulfonamides is 1. The summed E-state index contributed by atoms with van der Waals surface area (Å²) >= 11 is 0. The van der Waals surface area contributed by atoms with Gasteiger partial charge in [-0.3, -0.25) is 4.79 Å². The molecule has 0 aliphatic carbocycles. The fourth-order valence-electron chi connectivity index (χ4n) is 3.06. The molecule has 2 aromatic heterocycles. The van der Waals surface area contributed by atoms with Gasteiger partial charge in [0.25, 0.3) is 5.91 Å². The second-order valence-electron chi connectivity index (χ2n) is 7.14. The van der Waals surface area contributed by atoms with E-state index in [4.69, 9.17) is 0 Å². The summed E-state index contributed by atoms with van der Waals surface area (Å²) in [6.45, 7) is -1.16. The van der Waals surface area contributed by atoms with Gasteiger partial charge in [0.15, 0.2) is 0 Å². The first kappa shape index (κ1) is 23.7. The van der Waals surface area contributed by atoms with Crippen LogP contribution in [0.25, 0.3) is 16.8 Å². The molecule has 3 rings (SSSR count). The predicted octanol–water partition coefficient (Wildman–Crippen LogP) is 1.80. The van der Waals surface area contributed by atoms with Crippen molar-refractivity contribution in [2.75, 3.05) is 12.9 Å². The molecule has 8 nitrogen and oxygen atoms in total. The minimum absolute atomic E-state index is 0.0558. The third kappa shape index (κ3) is 5.84. The molecular formula is C20H21F3N4O4S. The number of hydrogen-bond acceptors (Lipinski definition) is 5. The van der Waals surface area contributed by atoms with Crippen LogP contribution in [-0.2, 0) is 21.4 Å². The van der Waals surface area contributed by atoms with Crippen molar-refractivity contribution in [1.82, 2.24) is 19.4 Å². The molecule has 0 unspecified atom stereocenters. The van der Waals surface area contributed by atoms with E-state index in [1.165, 1.54) is 12.1 Å². The van der Waals surface area contributed by atoms with Crippen molar-refractivity contribution in [2.45, 2.75) is 25.1 Å². The molecule has 0 fully saturated rings. The lowest BCUT2D eigenvalue weighted by molar-refractivity contribution is -0.133. The highest BCUT2D eigenvalue weighted by Crippen LogP contribution is 2.25. The molecule has 172 valence electrons. The molecule has 32 heavy (non-hydrogen) atoms.